The summed E-state index contributed by atoms with van der Waals surface area (Å²) in [6.07, 6.45) is 5.50. The molecule has 2 aromatic heterocycles. The number of aliphatic hydroxyl groups excluding tert-OH is 1. The van der Waals surface area contributed by atoms with Crippen LogP contribution in [0, 0.1) is 19.8 Å². The normalized spacial score (nSPS) is 17.9. The molecular formula is C17H22N2O2. The van der Waals surface area contributed by atoms with E-state index in [1.54, 1.807) is 0 Å². The summed E-state index contributed by atoms with van der Waals surface area (Å²) in [5, 5.41) is 18.8. The van der Waals surface area contributed by atoms with E-state index in [0.717, 1.165) is 29.9 Å². The van der Waals surface area contributed by atoms with Crippen LogP contribution >= 0.6 is 0 Å². The first-order valence-electron chi connectivity index (χ1n) is 7.74. The fraction of sp³-hybridized carbons (Fsp3) is 0.529. The van der Waals surface area contributed by atoms with Crippen molar-refractivity contribution in [3.63, 3.8) is 0 Å². The zero-order valence-electron chi connectivity index (χ0n) is 12.7. The van der Waals surface area contributed by atoms with Crippen LogP contribution in [0.5, 0.6) is 0 Å². The summed E-state index contributed by atoms with van der Waals surface area (Å²) in [5.74, 6) is 1.82. The lowest BCUT2D eigenvalue weighted by Crippen LogP contribution is -2.16. The average Bonchev–Trinajstić information content (AvgIpc) is 2.90. The number of aromatic nitrogens is 2. The topological polar surface area (TPSA) is 59.2 Å². The standard InChI is InChI=1S/C17H22N2O2/c1-11-8-9-15(19-18-11)16-10-14(12(2)21-16)17(20)13-6-4-3-5-7-13/h8-10,13,17,20H,3-7H2,1-2H3. The Morgan fingerprint density at radius 2 is 1.90 bits per heavy atom. The third-order valence-corrected chi connectivity index (χ3v) is 4.42. The van der Waals surface area contributed by atoms with Crippen LogP contribution < -0.4 is 0 Å². The van der Waals surface area contributed by atoms with Crippen LogP contribution in [0.3, 0.4) is 0 Å². The highest BCUT2D eigenvalue weighted by molar-refractivity contribution is 5.53. The van der Waals surface area contributed by atoms with Crippen molar-refractivity contribution in [1.29, 1.82) is 0 Å². The van der Waals surface area contributed by atoms with Gasteiger partial charge in [-0.1, -0.05) is 19.3 Å². The lowest BCUT2D eigenvalue weighted by molar-refractivity contribution is 0.0835. The first kappa shape index (κ1) is 14.3. The van der Waals surface area contributed by atoms with E-state index in [1.165, 1.54) is 19.3 Å². The molecule has 4 nitrogen and oxygen atoms in total. The molecule has 1 saturated carbocycles. The second kappa shape index (κ2) is 5.98. The monoisotopic (exact) mass is 286 g/mol. The molecule has 1 fully saturated rings. The molecule has 0 saturated heterocycles. The molecule has 0 aromatic carbocycles. The van der Waals surface area contributed by atoms with Crippen molar-refractivity contribution in [2.75, 3.05) is 0 Å². The highest BCUT2D eigenvalue weighted by Crippen LogP contribution is 2.37. The van der Waals surface area contributed by atoms with Crippen LogP contribution in [-0.4, -0.2) is 15.3 Å². The smallest absolute Gasteiger partial charge is 0.154 e. The zero-order valence-corrected chi connectivity index (χ0v) is 12.7. The van der Waals surface area contributed by atoms with E-state index in [-0.39, 0.29) is 0 Å². The third-order valence-electron chi connectivity index (χ3n) is 4.42. The Labute approximate surface area is 125 Å². The van der Waals surface area contributed by atoms with Gasteiger partial charge in [-0.3, -0.25) is 0 Å². The molecule has 1 atom stereocenters. The second-order valence-corrected chi connectivity index (χ2v) is 6.03. The van der Waals surface area contributed by atoms with Crippen LogP contribution in [0.2, 0.25) is 0 Å². The maximum absolute atomic E-state index is 10.6. The SMILES string of the molecule is Cc1ccc(-c2cc(C(O)C3CCCCC3)c(C)o2)nn1. The van der Waals surface area contributed by atoms with Gasteiger partial charge in [0.1, 0.15) is 11.5 Å². The molecule has 1 aliphatic rings. The minimum absolute atomic E-state index is 0.354. The lowest BCUT2D eigenvalue weighted by Gasteiger charge is -2.26. The van der Waals surface area contributed by atoms with E-state index >= 15 is 0 Å². The third kappa shape index (κ3) is 3.00. The maximum atomic E-state index is 10.6. The lowest BCUT2D eigenvalue weighted by atomic mass is 9.83. The van der Waals surface area contributed by atoms with Gasteiger partial charge < -0.3 is 9.52 Å². The average molecular weight is 286 g/mol. The largest absolute Gasteiger partial charge is 0.459 e. The van der Waals surface area contributed by atoms with Crippen LogP contribution in [-0.2, 0) is 0 Å². The molecule has 4 heteroatoms. The summed E-state index contributed by atoms with van der Waals surface area (Å²) < 4.78 is 5.79. The van der Waals surface area contributed by atoms with Crippen molar-refractivity contribution in [2.45, 2.75) is 52.1 Å². The van der Waals surface area contributed by atoms with Crippen LogP contribution in [0.1, 0.15) is 55.2 Å². The molecule has 112 valence electrons. The van der Waals surface area contributed by atoms with Gasteiger partial charge in [-0.25, -0.2) is 0 Å². The van der Waals surface area contributed by atoms with E-state index < -0.39 is 6.10 Å². The fourth-order valence-electron chi connectivity index (χ4n) is 3.15. The zero-order chi connectivity index (χ0) is 14.8. The van der Waals surface area contributed by atoms with Crippen molar-refractivity contribution in [2.24, 2.45) is 5.92 Å². The fourth-order valence-corrected chi connectivity index (χ4v) is 3.15. The number of hydrogen-bond acceptors (Lipinski definition) is 4. The predicted molar refractivity (Wildman–Crippen MR) is 80.7 cm³/mol. The van der Waals surface area contributed by atoms with Crippen LogP contribution in [0.15, 0.2) is 22.6 Å². The van der Waals surface area contributed by atoms with Crippen molar-refractivity contribution >= 4 is 0 Å². The van der Waals surface area contributed by atoms with Gasteiger partial charge >= 0.3 is 0 Å². The van der Waals surface area contributed by atoms with Crippen molar-refractivity contribution in [3.05, 3.63) is 35.2 Å². The molecule has 21 heavy (non-hydrogen) atoms. The summed E-state index contributed by atoms with van der Waals surface area (Å²) in [4.78, 5) is 0. The van der Waals surface area contributed by atoms with Crippen LogP contribution in [0.25, 0.3) is 11.5 Å². The van der Waals surface area contributed by atoms with Gasteiger partial charge in [0.05, 0.1) is 11.8 Å². The first-order chi connectivity index (χ1) is 10.1. The molecule has 1 N–H and O–H groups in total. The van der Waals surface area contributed by atoms with Gasteiger partial charge in [-0.2, -0.15) is 5.10 Å². The Morgan fingerprint density at radius 1 is 1.14 bits per heavy atom. The first-order valence-corrected chi connectivity index (χ1v) is 7.74. The molecule has 3 rings (SSSR count). The summed E-state index contributed by atoms with van der Waals surface area (Å²) in [6, 6.07) is 5.74. The number of hydrogen-bond donors (Lipinski definition) is 1. The summed E-state index contributed by atoms with van der Waals surface area (Å²) >= 11 is 0. The van der Waals surface area contributed by atoms with Gasteiger partial charge in [-0.05, 0) is 50.8 Å². The Kier molecular flexibility index (Phi) is 4.06. The minimum atomic E-state index is -0.429. The van der Waals surface area contributed by atoms with Gasteiger partial charge in [0, 0.05) is 5.56 Å². The molecule has 1 unspecified atom stereocenters. The molecule has 0 bridgehead atoms. The number of nitrogens with zero attached hydrogens (tertiary/aromatic N) is 2. The summed E-state index contributed by atoms with van der Waals surface area (Å²) in [6.45, 7) is 3.81. The summed E-state index contributed by atoms with van der Waals surface area (Å²) in [7, 11) is 0. The number of furan rings is 1. The van der Waals surface area contributed by atoms with Crippen molar-refractivity contribution in [1.82, 2.24) is 10.2 Å². The molecule has 1 aliphatic carbocycles. The van der Waals surface area contributed by atoms with E-state index in [2.05, 4.69) is 10.2 Å². The van der Waals surface area contributed by atoms with Gasteiger partial charge in [0.2, 0.25) is 0 Å². The van der Waals surface area contributed by atoms with Crippen molar-refractivity contribution in [3.8, 4) is 11.5 Å². The summed E-state index contributed by atoms with van der Waals surface area (Å²) in [5.41, 5.74) is 2.49. The van der Waals surface area contributed by atoms with E-state index in [0.29, 0.717) is 17.4 Å². The second-order valence-electron chi connectivity index (χ2n) is 6.03. The Balaban J connectivity index is 1.85. The van der Waals surface area contributed by atoms with Gasteiger partial charge in [0.25, 0.3) is 0 Å². The molecule has 0 aliphatic heterocycles. The Morgan fingerprint density at radius 3 is 2.57 bits per heavy atom. The number of rotatable bonds is 3. The predicted octanol–water partition coefficient (Wildman–Crippen LogP) is 3.97. The number of aryl methyl sites for hydroxylation is 2. The van der Waals surface area contributed by atoms with Gasteiger partial charge in [-0.15, -0.1) is 5.10 Å². The molecular weight excluding hydrogens is 264 g/mol. The van der Waals surface area contributed by atoms with E-state index in [4.69, 9.17) is 4.42 Å². The molecule has 0 radical (unpaired) electrons. The Hall–Kier alpha value is -1.68. The maximum Gasteiger partial charge on any atom is 0.154 e. The molecule has 2 heterocycles. The van der Waals surface area contributed by atoms with E-state index in [1.807, 2.05) is 32.0 Å². The van der Waals surface area contributed by atoms with Crippen molar-refractivity contribution < 1.29 is 9.52 Å². The minimum Gasteiger partial charge on any atom is -0.459 e. The number of aliphatic hydroxyl groups is 1. The Bertz CT molecular complexity index is 598. The quantitative estimate of drug-likeness (QED) is 0.927. The van der Waals surface area contributed by atoms with Crippen LogP contribution in [0.4, 0.5) is 0 Å². The molecule has 2 aromatic rings. The molecule has 0 spiro atoms. The molecule has 0 amide bonds. The van der Waals surface area contributed by atoms with E-state index in [9.17, 15) is 5.11 Å². The highest BCUT2D eigenvalue weighted by atomic mass is 16.3. The highest BCUT2D eigenvalue weighted by Gasteiger charge is 2.26. The van der Waals surface area contributed by atoms with Gasteiger partial charge in [0.15, 0.2) is 5.76 Å².